The molecule has 0 spiro atoms. The lowest BCUT2D eigenvalue weighted by Gasteiger charge is -2.30. The molecule has 202 valence electrons. The molecule has 0 saturated heterocycles. The van der Waals surface area contributed by atoms with Crippen LogP contribution in [0.3, 0.4) is 0 Å². The maximum absolute atomic E-state index is 13.8. The Kier molecular flexibility index (Phi) is 8.55. The fraction of sp³-hybridized carbons (Fsp3) is 0.452. The molecule has 2 amide bonds. The highest BCUT2D eigenvalue weighted by molar-refractivity contribution is 5.94. The third kappa shape index (κ3) is 6.82. The molecule has 2 aromatic carbocycles. The van der Waals surface area contributed by atoms with E-state index in [0.717, 1.165) is 48.4 Å². The van der Waals surface area contributed by atoms with Gasteiger partial charge in [0.15, 0.2) is 0 Å². The predicted octanol–water partition coefficient (Wildman–Crippen LogP) is 6.53. The summed E-state index contributed by atoms with van der Waals surface area (Å²) in [6.07, 6.45) is 6.44. The monoisotopic (exact) mass is 516 g/mol. The van der Waals surface area contributed by atoms with Gasteiger partial charge in [0.25, 0.3) is 0 Å². The highest BCUT2D eigenvalue weighted by Crippen LogP contribution is 2.34. The van der Waals surface area contributed by atoms with Crippen LogP contribution in [0, 0.1) is 0 Å². The molecule has 7 nitrogen and oxygen atoms in total. The van der Waals surface area contributed by atoms with Gasteiger partial charge in [-0.1, -0.05) is 43.3 Å². The Bertz CT molecular complexity index is 1250. The van der Waals surface area contributed by atoms with Gasteiger partial charge in [-0.2, -0.15) is 0 Å². The second-order valence-corrected chi connectivity index (χ2v) is 11.1. The van der Waals surface area contributed by atoms with Crippen LogP contribution in [0.5, 0.6) is 0 Å². The van der Waals surface area contributed by atoms with Gasteiger partial charge in [0.05, 0.1) is 12.6 Å². The van der Waals surface area contributed by atoms with Crippen molar-refractivity contribution in [2.24, 2.45) is 0 Å². The summed E-state index contributed by atoms with van der Waals surface area (Å²) in [5.74, 6) is 0.963. The summed E-state index contributed by atoms with van der Waals surface area (Å²) in [5, 5.41) is 3.06. The Labute approximate surface area is 226 Å². The minimum Gasteiger partial charge on any atom is -0.444 e. The van der Waals surface area contributed by atoms with Crippen LogP contribution < -0.4 is 10.2 Å². The number of nitrogens with one attached hydrogen (secondary N) is 1. The average molecular weight is 517 g/mol. The van der Waals surface area contributed by atoms with E-state index in [0.29, 0.717) is 13.0 Å². The van der Waals surface area contributed by atoms with Crippen molar-refractivity contribution in [3.05, 3.63) is 83.4 Å². The lowest BCUT2D eigenvalue weighted by Crippen LogP contribution is -2.36. The normalized spacial score (nSPS) is 15.9. The maximum atomic E-state index is 13.8. The Balaban J connectivity index is 1.63. The van der Waals surface area contributed by atoms with Gasteiger partial charge < -0.3 is 19.5 Å². The van der Waals surface area contributed by atoms with Gasteiger partial charge >= 0.3 is 6.09 Å². The number of fused-ring (bicyclic) bond motifs is 1. The number of amides is 2. The van der Waals surface area contributed by atoms with E-state index in [1.54, 1.807) is 6.20 Å². The van der Waals surface area contributed by atoms with Gasteiger partial charge in [0.1, 0.15) is 11.4 Å². The van der Waals surface area contributed by atoms with Crippen LogP contribution in [0.4, 0.5) is 10.5 Å². The largest absolute Gasteiger partial charge is 0.444 e. The molecule has 7 heteroatoms. The Hall–Kier alpha value is -3.61. The van der Waals surface area contributed by atoms with E-state index in [4.69, 9.17) is 4.74 Å². The molecule has 4 rings (SSSR count). The van der Waals surface area contributed by atoms with E-state index in [2.05, 4.69) is 53.0 Å². The number of rotatable bonds is 8. The smallest absolute Gasteiger partial charge is 0.408 e. The third-order valence-corrected chi connectivity index (χ3v) is 7.04. The van der Waals surface area contributed by atoms with Gasteiger partial charge in [-0.15, -0.1) is 0 Å². The second-order valence-electron chi connectivity index (χ2n) is 11.1. The summed E-state index contributed by atoms with van der Waals surface area (Å²) in [6, 6.07) is 16.2. The van der Waals surface area contributed by atoms with E-state index < -0.39 is 11.7 Å². The standard InChI is InChI=1S/C31H40N4O3/c1-6-34-18-17-32-28(34)21-35(29(36)19-22(2)23-11-8-7-9-12-23)25-16-15-24-13-10-14-27(26(24)20-25)33-30(37)38-31(3,4)5/h7-9,11-12,15-18,20,22,27H,6,10,13-14,19,21H2,1-5H3,(H,33,37)/t22-,27+/m0/s1. The van der Waals surface area contributed by atoms with Crippen molar-refractivity contribution in [1.29, 1.82) is 0 Å². The number of benzene rings is 2. The summed E-state index contributed by atoms with van der Waals surface area (Å²) in [6.45, 7) is 10.9. The van der Waals surface area contributed by atoms with E-state index in [1.807, 2.05) is 56.1 Å². The molecule has 2 atom stereocenters. The van der Waals surface area contributed by atoms with E-state index in [-0.39, 0.29) is 17.9 Å². The molecule has 0 unspecified atom stereocenters. The highest BCUT2D eigenvalue weighted by Gasteiger charge is 2.27. The van der Waals surface area contributed by atoms with Crippen molar-refractivity contribution < 1.29 is 14.3 Å². The number of carbonyl (C=O) groups excluding carboxylic acids is 2. The van der Waals surface area contributed by atoms with Crippen molar-refractivity contribution in [2.45, 2.75) is 91.0 Å². The number of ether oxygens (including phenoxy) is 1. The number of hydrogen-bond donors (Lipinski definition) is 1. The summed E-state index contributed by atoms with van der Waals surface area (Å²) >= 11 is 0. The third-order valence-electron chi connectivity index (χ3n) is 7.04. The van der Waals surface area contributed by atoms with Gasteiger partial charge in [0.2, 0.25) is 5.91 Å². The second kappa shape index (κ2) is 11.8. The Morgan fingerprint density at radius 1 is 1.18 bits per heavy atom. The number of aromatic nitrogens is 2. The van der Waals surface area contributed by atoms with Crippen molar-refractivity contribution in [3.8, 4) is 0 Å². The fourth-order valence-corrected chi connectivity index (χ4v) is 5.07. The zero-order valence-electron chi connectivity index (χ0n) is 23.2. The number of anilines is 1. The van der Waals surface area contributed by atoms with E-state index >= 15 is 0 Å². The minimum atomic E-state index is -0.566. The molecule has 1 aliphatic carbocycles. The topological polar surface area (TPSA) is 76.5 Å². The molecule has 0 bridgehead atoms. The Morgan fingerprint density at radius 3 is 2.66 bits per heavy atom. The molecule has 1 heterocycles. The van der Waals surface area contributed by atoms with Crippen molar-refractivity contribution in [1.82, 2.24) is 14.9 Å². The first-order valence-electron chi connectivity index (χ1n) is 13.6. The molecule has 1 aliphatic rings. The first kappa shape index (κ1) is 27.4. The van der Waals surface area contributed by atoms with Crippen LogP contribution in [0.2, 0.25) is 0 Å². The quantitative estimate of drug-likeness (QED) is 0.369. The number of alkyl carbamates (subject to hydrolysis) is 1. The summed E-state index contributed by atoms with van der Waals surface area (Å²) < 4.78 is 7.59. The summed E-state index contributed by atoms with van der Waals surface area (Å²) in [4.78, 5) is 32.8. The average Bonchev–Trinajstić information content (AvgIpc) is 3.34. The SMILES string of the molecule is CCn1ccnc1CN(C(=O)C[C@H](C)c1ccccc1)c1ccc2c(c1)[C@H](NC(=O)OC(C)(C)C)CCC2. The first-order chi connectivity index (χ1) is 18.1. The van der Waals surface area contributed by atoms with Crippen LogP contribution in [0.15, 0.2) is 60.9 Å². The molecule has 38 heavy (non-hydrogen) atoms. The van der Waals surface area contributed by atoms with Crippen molar-refractivity contribution in [2.75, 3.05) is 4.90 Å². The zero-order valence-corrected chi connectivity index (χ0v) is 23.2. The van der Waals surface area contributed by atoms with Gasteiger partial charge in [-0.25, -0.2) is 9.78 Å². The predicted molar refractivity (Wildman–Crippen MR) is 150 cm³/mol. The molecule has 1 N–H and O–H groups in total. The number of carbonyl (C=O) groups is 2. The highest BCUT2D eigenvalue weighted by atomic mass is 16.6. The lowest BCUT2D eigenvalue weighted by molar-refractivity contribution is -0.119. The molecule has 0 saturated carbocycles. The van der Waals surface area contributed by atoms with Crippen molar-refractivity contribution >= 4 is 17.7 Å². The Morgan fingerprint density at radius 2 is 1.95 bits per heavy atom. The van der Waals surface area contributed by atoms with Gasteiger partial charge in [0, 0.05) is 31.0 Å². The fourth-order valence-electron chi connectivity index (χ4n) is 5.07. The molecule has 0 aliphatic heterocycles. The van der Waals surface area contributed by atoms with E-state index in [9.17, 15) is 9.59 Å². The molecule has 3 aromatic rings. The lowest BCUT2D eigenvalue weighted by atomic mass is 9.87. The number of nitrogens with zero attached hydrogens (tertiary/aromatic N) is 3. The van der Waals surface area contributed by atoms with E-state index in [1.165, 1.54) is 5.56 Å². The van der Waals surface area contributed by atoms with Crippen LogP contribution >= 0.6 is 0 Å². The molecule has 1 aromatic heterocycles. The maximum Gasteiger partial charge on any atom is 0.408 e. The van der Waals surface area contributed by atoms with Gasteiger partial charge in [-0.05, 0) is 81.7 Å². The minimum absolute atomic E-state index is 0.0411. The number of imidazole rings is 1. The van der Waals surface area contributed by atoms with Crippen LogP contribution in [-0.2, 0) is 29.0 Å². The molecule has 0 fully saturated rings. The summed E-state index contributed by atoms with van der Waals surface area (Å²) in [5.41, 5.74) is 3.64. The van der Waals surface area contributed by atoms with Crippen LogP contribution in [-0.4, -0.2) is 27.2 Å². The summed E-state index contributed by atoms with van der Waals surface area (Å²) in [7, 11) is 0. The first-order valence-corrected chi connectivity index (χ1v) is 13.6. The van der Waals surface area contributed by atoms with Crippen LogP contribution in [0.1, 0.15) is 88.4 Å². The number of aryl methyl sites for hydroxylation is 2. The zero-order chi connectivity index (χ0) is 27.3. The molecular weight excluding hydrogens is 476 g/mol. The van der Waals surface area contributed by atoms with Crippen LogP contribution in [0.25, 0.3) is 0 Å². The van der Waals surface area contributed by atoms with Crippen molar-refractivity contribution in [3.63, 3.8) is 0 Å². The van der Waals surface area contributed by atoms with Gasteiger partial charge in [-0.3, -0.25) is 4.79 Å². The molecular formula is C31H40N4O3. The molecule has 0 radical (unpaired) electrons. The number of hydrogen-bond acceptors (Lipinski definition) is 4.